The first-order valence-corrected chi connectivity index (χ1v) is 8.27. The Labute approximate surface area is 118 Å². The predicted octanol–water partition coefficient (Wildman–Crippen LogP) is 2.26. The van der Waals surface area contributed by atoms with E-state index in [1.165, 1.54) is 38.8 Å². The summed E-state index contributed by atoms with van der Waals surface area (Å²) in [6, 6.07) is 2.05. The molecule has 4 atom stereocenters. The molecule has 3 rings (SSSR count). The van der Waals surface area contributed by atoms with E-state index < -0.39 is 0 Å². The maximum Gasteiger partial charge on any atom is 0.0700 e. The summed E-state index contributed by atoms with van der Waals surface area (Å²) in [5.74, 6) is 1.73. The summed E-state index contributed by atoms with van der Waals surface area (Å²) >= 11 is 0. The van der Waals surface area contributed by atoms with Crippen LogP contribution in [0.2, 0.25) is 0 Å². The van der Waals surface area contributed by atoms with E-state index in [2.05, 4.69) is 31.0 Å². The minimum absolute atomic E-state index is 0.406. The predicted molar refractivity (Wildman–Crippen MR) is 78.3 cm³/mol. The van der Waals surface area contributed by atoms with Crippen molar-refractivity contribution >= 4 is 0 Å². The second-order valence-corrected chi connectivity index (χ2v) is 7.16. The van der Waals surface area contributed by atoms with Gasteiger partial charge in [0.1, 0.15) is 0 Å². The van der Waals surface area contributed by atoms with Crippen molar-refractivity contribution in [3.63, 3.8) is 0 Å². The molecule has 2 heterocycles. The molecule has 0 spiro atoms. The molecule has 0 aromatic rings. The number of hydrogen-bond acceptors (Lipinski definition) is 3. The lowest BCUT2D eigenvalue weighted by Gasteiger charge is -2.50. The minimum atomic E-state index is 0.406. The number of nitrogens with one attached hydrogen (secondary N) is 1. The van der Waals surface area contributed by atoms with Gasteiger partial charge in [-0.15, -0.1) is 0 Å². The van der Waals surface area contributed by atoms with Gasteiger partial charge in [0.15, 0.2) is 0 Å². The number of hydrogen-bond donors (Lipinski definition) is 1. The summed E-state index contributed by atoms with van der Waals surface area (Å²) in [4.78, 5) is 2.70. The van der Waals surface area contributed by atoms with Gasteiger partial charge >= 0.3 is 0 Å². The van der Waals surface area contributed by atoms with Gasteiger partial charge in [-0.25, -0.2) is 0 Å². The highest BCUT2D eigenvalue weighted by molar-refractivity contribution is 4.98. The van der Waals surface area contributed by atoms with Crippen molar-refractivity contribution in [1.82, 2.24) is 10.2 Å². The van der Waals surface area contributed by atoms with E-state index in [1.54, 1.807) is 0 Å². The molecule has 0 aromatic heterocycles. The first kappa shape index (κ1) is 13.8. The van der Waals surface area contributed by atoms with Crippen LogP contribution in [0, 0.1) is 11.8 Å². The Bertz CT molecular complexity index is 293. The van der Waals surface area contributed by atoms with Gasteiger partial charge in [0.25, 0.3) is 0 Å². The standard InChI is InChI=1S/C16H30N2O/c1-11(2)18-9-13-5-4-6-14(10-18)16(13)17-15-7-8-19-12(15)3/h11-17H,4-10H2,1-3H3. The third-order valence-corrected chi connectivity index (χ3v) is 5.62. The molecule has 1 N–H and O–H groups in total. The van der Waals surface area contributed by atoms with Crippen LogP contribution in [-0.4, -0.2) is 48.8 Å². The number of rotatable bonds is 3. The van der Waals surface area contributed by atoms with E-state index in [0.29, 0.717) is 18.2 Å². The average Bonchev–Trinajstić information content (AvgIpc) is 2.74. The van der Waals surface area contributed by atoms with E-state index in [1.807, 2.05) is 0 Å². The Hall–Kier alpha value is -0.120. The summed E-state index contributed by atoms with van der Waals surface area (Å²) in [6.45, 7) is 10.5. The van der Waals surface area contributed by atoms with Gasteiger partial charge in [-0.05, 0) is 51.9 Å². The molecule has 0 radical (unpaired) electrons. The number of piperidine rings is 1. The number of likely N-dealkylation sites (tertiary alicyclic amines) is 1. The molecule has 4 unspecified atom stereocenters. The normalized spacial score (nSPS) is 43.9. The maximum absolute atomic E-state index is 5.72. The lowest BCUT2D eigenvalue weighted by atomic mass is 9.72. The quantitative estimate of drug-likeness (QED) is 0.848. The SMILES string of the molecule is CC1OCCC1NC1C2CCCC1CN(C(C)C)C2. The second-order valence-electron chi connectivity index (χ2n) is 7.16. The molecular formula is C16H30N2O. The molecular weight excluding hydrogens is 236 g/mol. The molecule has 1 saturated carbocycles. The fourth-order valence-corrected chi connectivity index (χ4v) is 4.36. The van der Waals surface area contributed by atoms with Crippen LogP contribution >= 0.6 is 0 Å². The molecule has 3 fully saturated rings. The van der Waals surface area contributed by atoms with Gasteiger partial charge in [-0.2, -0.15) is 0 Å². The van der Waals surface area contributed by atoms with Gasteiger partial charge in [0.05, 0.1) is 6.10 Å². The third kappa shape index (κ3) is 2.84. The largest absolute Gasteiger partial charge is 0.377 e. The highest BCUT2D eigenvalue weighted by Crippen LogP contribution is 2.36. The van der Waals surface area contributed by atoms with Crippen molar-refractivity contribution in [3.05, 3.63) is 0 Å². The first-order chi connectivity index (χ1) is 9.15. The van der Waals surface area contributed by atoms with Gasteiger partial charge in [0, 0.05) is 37.8 Å². The topological polar surface area (TPSA) is 24.5 Å². The first-order valence-electron chi connectivity index (χ1n) is 8.27. The summed E-state index contributed by atoms with van der Waals surface area (Å²) in [5.41, 5.74) is 0. The van der Waals surface area contributed by atoms with Gasteiger partial charge in [-0.3, -0.25) is 0 Å². The van der Waals surface area contributed by atoms with Crippen molar-refractivity contribution in [2.75, 3.05) is 19.7 Å². The minimum Gasteiger partial charge on any atom is -0.377 e. The maximum atomic E-state index is 5.72. The molecule has 3 nitrogen and oxygen atoms in total. The van der Waals surface area contributed by atoms with Crippen molar-refractivity contribution in [2.24, 2.45) is 11.8 Å². The van der Waals surface area contributed by atoms with Crippen LogP contribution in [0.25, 0.3) is 0 Å². The van der Waals surface area contributed by atoms with E-state index in [9.17, 15) is 0 Å². The van der Waals surface area contributed by atoms with Crippen LogP contribution in [0.4, 0.5) is 0 Å². The monoisotopic (exact) mass is 266 g/mol. The van der Waals surface area contributed by atoms with Crippen molar-refractivity contribution in [2.45, 2.75) is 70.7 Å². The summed E-state index contributed by atoms with van der Waals surface area (Å²) in [6.07, 6.45) is 5.88. The Kier molecular flexibility index (Phi) is 4.16. The number of fused-ring (bicyclic) bond motifs is 2. The van der Waals surface area contributed by atoms with Gasteiger partial charge in [-0.1, -0.05) is 6.42 Å². The van der Waals surface area contributed by atoms with Crippen LogP contribution < -0.4 is 5.32 Å². The number of nitrogens with zero attached hydrogens (tertiary/aromatic N) is 1. The van der Waals surface area contributed by atoms with E-state index in [-0.39, 0.29) is 0 Å². The van der Waals surface area contributed by atoms with E-state index in [4.69, 9.17) is 4.74 Å². The summed E-state index contributed by atoms with van der Waals surface area (Å²) in [5, 5.41) is 3.98. The Balaban J connectivity index is 1.65. The zero-order valence-corrected chi connectivity index (χ0v) is 12.8. The fourth-order valence-electron chi connectivity index (χ4n) is 4.36. The van der Waals surface area contributed by atoms with Crippen LogP contribution in [0.3, 0.4) is 0 Å². The Morgan fingerprint density at radius 2 is 1.79 bits per heavy atom. The molecule has 1 aliphatic carbocycles. The molecule has 2 bridgehead atoms. The van der Waals surface area contributed by atoms with Gasteiger partial charge in [0.2, 0.25) is 0 Å². The second kappa shape index (κ2) is 5.71. The van der Waals surface area contributed by atoms with Crippen LogP contribution in [-0.2, 0) is 4.74 Å². The molecule has 110 valence electrons. The van der Waals surface area contributed by atoms with E-state index >= 15 is 0 Å². The molecule has 0 aromatic carbocycles. The summed E-state index contributed by atoms with van der Waals surface area (Å²) < 4.78 is 5.72. The zero-order chi connectivity index (χ0) is 13.4. The van der Waals surface area contributed by atoms with Crippen LogP contribution in [0.15, 0.2) is 0 Å². The van der Waals surface area contributed by atoms with Crippen molar-refractivity contribution in [1.29, 1.82) is 0 Å². The van der Waals surface area contributed by atoms with Crippen LogP contribution in [0.1, 0.15) is 46.5 Å². The Morgan fingerprint density at radius 3 is 2.32 bits per heavy atom. The summed E-state index contributed by atoms with van der Waals surface area (Å²) in [7, 11) is 0. The molecule has 2 aliphatic heterocycles. The van der Waals surface area contributed by atoms with Crippen molar-refractivity contribution in [3.8, 4) is 0 Å². The lowest BCUT2D eigenvalue weighted by molar-refractivity contribution is 0.0193. The smallest absolute Gasteiger partial charge is 0.0700 e. The molecule has 2 saturated heterocycles. The molecule has 3 heteroatoms. The third-order valence-electron chi connectivity index (χ3n) is 5.62. The fraction of sp³-hybridized carbons (Fsp3) is 1.00. The van der Waals surface area contributed by atoms with Crippen molar-refractivity contribution < 1.29 is 4.74 Å². The average molecular weight is 266 g/mol. The lowest BCUT2D eigenvalue weighted by Crippen LogP contribution is -2.60. The van der Waals surface area contributed by atoms with Gasteiger partial charge < -0.3 is 15.0 Å². The van der Waals surface area contributed by atoms with E-state index in [0.717, 1.165) is 24.5 Å². The highest BCUT2D eigenvalue weighted by Gasteiger charge is 2.41. The molecule has 0 amide bonds. The molecule has 3 aliphatic rings. The molecule has 19 heavy (non-hydrogen) atoms. The zero-order valence-electron chi connectivity index (χ0n) is 12.8. The van der Waals surface area contributed by atoms with Crippen LogP contribution in [0.5, 0.6) is 0 Å². The highest BCUT2D eigenvalue weighted by atomic mass is 16.5. The Morgan fingerprint density at radius 1 is 1.11 bits per heavy atom. The number of ether oxygens (including phenoxy) is 1.